The lowest BCUT2D eigenvalue weighted by atomic mass is 9.96. The van der Waals surface area contributed by atoms with Crippen LogP contribution in [0.4, 0.5) is 0 Å². The summed E-state index contributed by atoms with van der Waals surface area (Å²) in [6.07, 6.45) is 2.63. The predicted molar refractivity (Wildman–Crippen MR) is 81.6 cm³/mol. The van der Waals surface area contributed by atoms with E-state index in [1.165, 1.54) is 0 Å². The maximum atomic E-state index is 5.57. The van der Waals surface area contributed by atoms with E-state index in [9.17, 15) is 0 Å². The van der Waals surface area contributed by atoms with E-state index in [1.807, 2.05) is 14.2 Å². The zero-order valence-corrected chi connectivity index (χ0v) is 13.7. The molecule has 0 aromatic rings. The van der Waals surface area contributed by atoms with Gasteiger partial charge in [-0.05, 0) is 38.3 Å². The summed E-state index contributed by atoms with van der Waals surface area (Å²) in [7, 11) is 5.54. The van der Waals surface area contributed by atoms with Crippen LogP contribution in [0.2, 0.25) is 0 Å². The zero-order valence-electron chi connectivity index (χ0n) is 13.7. The van der Waals surface area contributed by atoms with Crippen molar-refractivity contribution in [1.29, 1.82) is 0 Å². The summed E-state index contributed by atoms with van der Waals surface area (Å²) in [5.74, 6) is 1.30. The van der Waals surface area contributed by atoms with Crippen molar-refractivity contribution in [3.05, 3.63) is 0 Å². The lowest BCUT2D eigenvalue weighted by molar-refractivity contribution is 0.0643. The van der Waals surface area contributed by atoms with Gasteiger partial charge in [0.1, 0.15) is 0 Å². The molecular formula is C15H34N2O2. The van der Waals surface area contributed by atoms with E-state index in [0.29, 0.717) is 24.0 Å². The highest BCUT2D eigenvalue weighted by molar-refractivity contribution is 4.72. The standard InChI is InChI=1S/C15H34N2O2/c1-12(2)7-15(19-6)8-13(3)9-17-14(10-16-4)11-18-5/h12-17H,7-11H2,1-6H3/t13-,14+,15?/m1/s1. The molecule has 0 rings (SSSR count). The van der Waals surface area contributed by atoms with Crippen molar-refractivity contribution >= 4 is 0 Å². The Bertz CT molecular complexity index is 195. The number of rotatable bonds is 12. The van der Waals surface area contributed by atoms with Crippen LogP contribution in [-0.4, -0.2) is 53.1 Å². The van der Waals surface area contributed by atoms with Gasteiger partial charge in [-0.15, -0.1) is 0 Å². The second-order valence-electron chi connectivity index (χ2n) is 5.95. The summed E-state index contributed by atoms with van der Waals surface area (Å²) in [4.78, 5) is 0. The van der Waals surface area contributed by atoms with Gasteiger partial charge >= 0.3 is 0 Å². The van der Waals surface area contributed by atoms with E-state index in [0.717, 1.165) is 32.5 Å². The van der Waals surface area contributed by atoms with E-state index in [4.69, 9.17) is 9.47 Å². The topological polar surface area (TPSA) is 42.5 Å². The number of nitrogens with one attached hydrogen (secondary N) is 2. The molecule has 0 amide bonds. The minimum atomic E-state index is 0.377. The third-order valence-corrected chi connectivity index (χ3v) is 3.31. The molecule has 4 heteroatoms. The van der Waals surface area contributed by atoms with Crippen molar-refractivity contribution in [2.75, 3.05) is 41.0 Å². The highest BCUT2D eigenvalue weighted by Crippen LogP contribution is 2.15. The van der Waals surface area contributed by atoms with Gasteiger partial charge in [-0.1, -0.05) is 20.8 Å². The van der Waals surface area contributed by atoms with Crippen LogP contribution >= 0.6 is 0 Å². The van der Waals surface area contributed by atoms with E-state index in [-0.39, 0.29) is 0 Å². The lowest BCUT2D eigenvalue weighted by Crippen LogP contribution is -2.43. The van der Waals surface area contributed by atoms with Crippen LogP contribution in [0, 0.1) is 11.8 Å². The van der Waals surface area contributed by atoms with Gasteiger partial charge < -0.3 is 20.1 Å². The van der Waals surface area contributed by atoms with Crippen LogP contribution in [0.3, 0.4) is 0 Å². The minimum Gasteiger partial charge on any atom is -0.383 e. The molecule has 3 atom stereocenters. The third kappa shape index (κ3) is 10.3. The van der Waals surface area contributed by atoms with E-state index < -0.39 is 0 Å². The molecule has 0 radical (unpaired) electrons. The maximum absolute atomic E-state index is 5.57. The molecule has 0 spiro atoms. The quantitative estimate of drug-likeness (QED) is 0.570. The SMILES string of the molecule is CNC[C@@H](COC)NC[C@H](C)CC(CC(C)C)OC. The van der Waals surface area contributed by atoms with Gasteiger partial charge in [-0.25, -0.2) is 0 Å². The molecule has 0 fully saturated rings. The Kier molecular flexibility index (Phi) is 11.6. The monoisotopic (exact) mass is 274 g/mol. The van der Waals surface area contributed by atoms with E-state index in [2.05, 4.69) is 31.4 Å². The molecule has 0 saturated heterocycles. The molecule has 4 nitrogen and oxygen atoms in total. The van der Waals surface area contributed by atoms with Gasteiger partial charge in [-0.3, -0.25) is 0 Å². The molecule has 116 valence electrons. The Morgan fingerprint density at radius 3 is 2.16 bits per heavy atom. The van der Waals surface area contributed by atoms with Gasteiger partial charge in [0.15, 0.2) is 0 Å². The average Bonchev–Trinajstić information content (AvgIpc) is 2.35. The zero-order chi connectivity index (χ0) is 14.7. The Balaban J connectivity index is 3.96. The largest absolute Gasteiger partial charge is 0.383 e. The van der Waals surface area contributed by atoms with Crippen LogP contribution in [0.15, 0.2) is 0 Å². The number of hydrogen-bond acceptors (Lipinski definition) is 4. The van der Waals surface area contributed by atoms with Crippen molar-refractivity contribution in [2.45, 2.75) is 45.8 Å². The number of hydrogen-bond donors (Lipinski definition) is 2. The van der Waals surface area contributed by atoms with Crippen LogP contribution in [0.1, 0.15) is 33.6 Å². The molecule has 0 aliphatic rings. The van der Waals surface area contributed by atoms with Gasteiger partial charge in [0.2, 0.25) is 0 Å². The van der Waals surface area contributed by atoms with Gasteiger partial charge in [0, 0.05) is 26.8 Å². The summed E-state index contributed by atoms with van der Waals surface area (Å²) in [5, 5.41) is 6.75. The molecule has 0 aliphatic carbocycles. The highest BCUT2D eigenvalue weighted by atomic mass is 16.5. The fourth-order valence-electron chi connectivity index (χ4n) is 2.35. The Hall–Kier alpha value is -0.160. The van der Waals surface area contributed by atoms with Crippen LogP contribution < -0.4 is 10.6 Å². The Labute approximate surface area is 119 Å². The minimum absolute atomic E-state index is 0.377. The summed E-state index contributed by atoms with van der Waals surface area (Å²) in [5.41, 5.74) is 0. The molecule has 1 unspecified atom stereocenters. The Morgan fingerprint density at radius 2 is 1.68 bits per heavy atom. The van der Waals surface area contributed by atoms with Gasteiger partial charge in [0.25, 0.3) is 0 Å². The normalized spacial score (nSPS) is 16.6. The molecule has 19 heavy (non-hydrogen) atoms. The first-order valence-electron chi connectivity index (χ1n) is 7.43. The van der Waals surface area contributed by atoms with Crippen molar-refractivity contribution in [3.63, 3.8) is 0 Å². The molecule has 2 N–H and O–H groups in total. The summed E-state index contributed by atoms with van der Waals surface area (Å²) in [6.45, 7) is 9.46. The molecule has 0 aromatic heterocycles. The number of methoxy groups -OCH3 is 2. The summed E-state index contributed by atoms with van der Waals surface area (Å²) in [6, 6.07) is 0.378. The summed E-state index contributed by atoms with van der Waals surface area (Å²) < 4.78 is 10.8. The molecule has 0 aromatic carbocycles. The second-order valence-corrected chi connectivity index (χ2v) is 5.95. The first-order chi connectivity index (χ1) is 9.03. The molecule has 0 bridgehead atoms. The van der Waals surface area contributed by atoms with Crippen molar-refractivity contribution in [2.24, 2.45) is 11.8 Å². The Morgan fingerprint density at radius 1 is 1.00 bits per heavy atom. The van der Waals surface area contributed by atoms with Crippen molar-refractivity contribution < 1.29 is 9.47 Å². The van der Waals surface area contributed by atoms with Gasteiger partial charge in [0.05, 0.1) is 12.7 Å². The van der Waals surface area contributed by atoms with Crippen molar-refractivity contribution in [3.8, 4) is 0 Å². The van der Waals surface area contributed by atoms with Crippen molar-refractivity contribution in [1.82, 2.24) is 10.6 Å². The summed E-state index contributed by atoms with van der Waals surface area (Å²) >= 11 is 0. The van der Waals surface area contributed by atoms with E-state index in [1.54, 1.807) is 7.11 Å². The average molecular weight is 274 g/mol. The fraction of sp³-hybridized carbons (Fsp3) is 1.00. The number of ether oxygens (including phenoxy) is 2. The fourth-order valence-corrected chi connectivity index (χ4v) is 2.35. The first kappa shape index (κ1) is 18.8. The molecule has 0 aliphatic heterocycles. The lowest BCUT2D eigenvalue weighted by Gasteiger charge is -2.24. The van der Waals surface area contributed by atoms with Crippen LogP contribution in [0.5, 0.6) is 0 Å². The second kappa shape index (κ2) is 11.6. The molecule has 0 heterocycles. The maximum Gasteiger partial charge on any atom is 0.0628 e. The van der Waals surface area contributed by atoms with Crippen LogP contribution in [0.25, 0.3) is 0 Å². The third-order valence-electron chi connectivity index (χ3n) is 3.31. The van der Waals surface area contributed by atoms with Crippen LogP contribution in [-0.2, 0) is 9.47 Å². The highest BCUT2D eigenvalue weighted by Gasteiger charge is 2.15. The number of likely N-dealkylation sites (N-methyl/N-ethyl adjacent to an activating group) is 1. The molecular weight excluding hydrogens is 240 g/mol. The van der Waals surface area contributed by atoms with E-state index >= 15 is 0 Å². The molecule has 0 saturated carbocycles. The smallest absolute Gasteiger partial charge is 0.0628 e. The van der Waals surface area contributed by atoms with Gasteiger partial charge in [-0.2, -0.15) is 0 Å². The predicted octanol–water partition coefficient (Wildman–Crippen LogP) is 1.90. The first-order valence-corrected chi connectivity index (χ1v) is 7.43.